The number of nitrogens with one attached hydrogen (secondary N) is 1. The van der Waals surface area contributed by atoms with Gasteiger partial charge in [-0.15, -0.1) is 0 Å². The normalized spacial score (nSPS) is 16.2. The number of amides is 2. The maximum Gasteiger partial charge on any atom is 0.253 e. The largest absolute Gasteiger partial charge is 0.348 e. The summed E-state index contributed by atoms with van der Waals surface area (Å²) >= 11 is 0. The van der Waals surface area contributed by atoms with Gasteiger partial charge in [-0.3, -0.25) is 9.59 Å². The van der Waals surface area contributed by atoms with E-state index in [-0.39, 0.29) is 24.1 Å². The Kier molecular flexibility index (Phi) is 6.19. The third-order valence-electron chi connectivity index (χ3n) is 6.78. The lowest BCUT2D eigenvalue weighted by Crippen LogP contribution is -2.28. The smallest absolute Gasteiger partial charge is 0.253 e. The Hall–Kier alpha value is -3.45. The molecule has 0 spiro atoms. The van der Waals surface area contributed by atoms with Crippen molar-refractivity contribution in [2.75, 3.05) is 18.8 Å². The van der Waals surface area contributed by atoms with Crippen molar-refractivity contribution in [1.29, 1.82) is 0 Å². The molecule has 0 unspecified atom stereocenters. The summed E-state index contributed by atoms with van der Waals surface area (Å²) < 4.78 is 24.5. The van der Waals surface area contributed by atoms with Gasteiger partial charge in [0.1, 0.15) is 0 Å². The molecule has 3 aromatic rings. The summed E-state index contributed by atoms with van der Waals surface area (Å²) in [6.07, 6.45) is 2.52. The monoisotopic (exact) mass is 488 g/mol. The van der Waals surface area contributed by atoms with Crippen LogP contribution in [-0.2, 0) is 22.8 Å². The van der Waals surface area contributed by atoms with E-state index in [2.05, 4.69) is 5.32 Å². The number of likely N-dealkylation sites (tertiary alicyclic amines) is 1. The fourth-order valence-electron chi connectivity index (χ4n) is 4.74. The number of rotatable bonds is 5. The molecule has 7 heteroatoms. The van der Waals surface area contributed by atoms with Crippen molar-refractivity contribution < 1.29 is 18.0 Å². The molecule has 0 atom stereocenters. The minimum Gasteiger partial charge on any atom is -0.348 e. The van der Waals surface area contributed by atoms with Gasteiger partial charge in [0.15, 0.2) is 9.84 Å². The standard InChI is InChI=1S/C28H28N2O4S/c1-19-4-7-21(8-5-19)23-15-24(17-25(16-23)28(32)30-11-2-3-12-30)27(31)29-18-20-6-9-22-10-13-35(33,34)26(22)14-20/h4-9,14-17H,2-3,10-13,18H2,1H3,(H,29,31). The van der Waals surface area contributed by atoms with Crippen molar-refractivity contribution in [3.8, 4) is 11.1 Å². The Balaban J connectivity index is 1.42. The second-order valence-electron chi connectivity index (χ2n) is 9.36. The van der Waals surface area contributed by atoms with Crippen molar-refractivity contribution in [1.82, 2.24) is 10.2 Å². The first-order chi connectivity index (χ1) is 16.8. The van der Waals surface area contributed by atoms with Gasteiger partial charge in [0, 0.05) is 30.8 Å². The zero-order valence-corrected chi connectivity index (χ0v) is 20.5. The van der Waals surface area contributed by atoms with E-state index < -0.39 is 9.84 Å². The van der Waals surface area contributed by atoms with E-state index in [1.165, 1.54) is 0 Å². The van der Waals surface area contributed by atoms with E-state index in [0.29, 0.717) is 22.4 Å². The minimum absolute atomic E-state index is 0.0608. The Morgan fingerprint density at radius 3 is 2.34 bits per heavy atom. The molecule has 2 amide bonds. The highest BCUT2D eigenvalue weighted by Gasteiger charge is 2.26. The van der Waals surface area contributed by atoms with Crippen LogP contribution in [0.3, 0.4) is 0 Å². The summed E-state index contributed by atoms with van der Waals surface area (Å²) in [6.45, 7) is 3.68. The van der Waals surface area contributed by atoms with Crippen LogP contribution < -0.4 is 5.32 Å². The molecular formula is C28H28N2O4S. The van der Waals surface area contributed by atoms with Gasteiger partial charge in [0.2, 0.25) is 0 Å². The second-order valence-corrected chi connectivity index (χ2v) is 11.4. The van der Waals surface area contributed by atoms with Crippen LogP contribution in [0.1, 0.15) is 50.2 Å². The average Bonchev–Trinajstić information content (AvgIpc) is 3.50. The summed E-state index contributed by atoms with van der Waals surface area (Å²) in [7, 11) is -3.24. The van der Waals surface area contributed by atoms with E-state index in [4.69, 9.17) is 0 Å². The van der Waals surface area contributed by atoms with Gasteiger partial charge in [-0.1, -0.05) is 42.0 Å². The first kappa shape index (κ1) is 23.3. The van der Waals surface area contributed by atoms with Crippen molar-refractivity contribution in [3.63, 3.8) is 0 Å². The average molecular weight is 489 g/mol. The van der Waals surface area contributed by atoms with Crippen LogP contribution in [0, 0.1) is 6.92 Å². The molecule has 2 heterocycles. The molecule has 35 heavy (non-hydrogen) atoms. The molecule has 0 bridgehead atoms. The minimum atomic E-state index is -3.24. The van der Waals surface area contributed by atoms with Crippen LogP contribution in [0.4, 0.5) is 0 Å². The number of nitrogens with zero attached hydrogens (tertiary/aromatic N) is 1. The number of sulfone groups is 1. The highest BCUT2D eigenvalue weighted by Crippen LogP contribution is 2.27. The Morgan fingerprint density at radius 1 is 0.886 bits per heavy atom. The quantitative estimate of drug-likeness (QED) is 0.585. The van der Waals surface area contributed by atoms with Crippen molar-refractivity contribution in [3.05, 3.63) is 88.5 Å². The topological polar surface area (TPSA) is 83.5 Å². The lowest BCUT2D eigenvalue weighted by Gasteiger charge is -2.17. The molecule has 6 nitrogen and oxygen atoms in total. The van der Waals surface area contributed by atoms with E-state index in [1.54, 1.807) is 18.2 Å². The molecule has 2 aliphatic heterocycles. The van der Waals surface area contributed by atoms with Gasteiger partial charge in [0.25, 0.3) is 11.8 Å². The van der Waals surface area contributed by atoms with Gasteiger partial charge < -0.3 is 10.2 Å². The van der Waals surface area contributed by atoms with Crippen LogP contribution >= 0.6 is 0 Å². The molecule has 3 aromatic carbocycles. The molecule has 1 N–H and O–H groups in total. The number of fused-ring (bicyclic) bond motifs is 1. The molecule has 5 rings (SSSR count). The fourth-order valence-corrected chi connectivity index (χ4v) is 6.35. The molecular weight excluding hydrogens is 460 g/mol. The molecule has 0 radical (unpaired) electrons. The highest BCUT2D eigenvalue weighted by atomic mass is 32.2. The van der Waals surface area contributed by atoms with Crippen LogP contribution in [0.25, 0.3) is 11.1 Å². The first-order valence-electron chi connectivity index (χ1n) is 11.9. The first-order valence-corrected chi connectivity index (χ1v) is 13.6. The van der Waals surface area contributed by atoms with Gasteiger partial charge in [-0.05, 0) is 72.7 Å². The molecule has 180 valence electrons. The van der Waals surface area contributed by atoms with Crippen LogP contribution in [0.5, 0.6) is 0 Å². The van der Waals surface area contributed by atoms with Crippen molar-refractivity contribution in [2.24, 2.45) is 0 Å². The van der Waals surface area contributed by atoms with Crippen molar-refractivity contribution >= 4 is 21.7 Å². The molecule has 0 aliphatic carbocycles. The Bertz CT molecular complexity index is 1410. The predicted octanol–water partition coefficient (Wildman–Crippen LogP) is 4.16. The highest BCUT2D eigenvalue weighted by molar-refractivity contribution is 7.91. The maximum atomic E-state index is 13.2. The number of hydrogen-bond donors (Lipinski definition) is 1. The summed E-state index contributed by atoms with van der Waals surface area (Å²) in [4.78, 5) is 28.5. The van der Waals surface area contributed by atoms with Crippen LogP contribution in [0.2, 0.25) is 0 Å². The summed E-state index contributed by atoms with van der Waals surface area (Å²) in [6, 6.07) is 18.6. The third kappa shape index (κ3) is 4.86. The number of carbonyl (C=O) groups is 2. The lowest BCUT2D eigenvalue weighted by molar-refractivity contribution is 0.0793. The van der Waals surface area contributed by atoms with Gasteiger partial charge in [-0.2, -0.15) is 0 Å². The number of carbonyl (C=O) groups excluding carboxylic acids is 2. The van der Waals surface area contributed by atoms with Crippen molar-refractivity contribution in [2.45, 2.75) is 37.6 Å². The van der Waals surface area contributed by atoms with Gasteiger partial charge in [0.05, 0.1) is 10.6 Å². The molecule has 2 aliphatic rings. The molecule has 1 fully saturated rings. The number of aryl methyl sites for hydroxylation is 2. The van der Waals surface area contributed by atoms with E-state index in [0.717, 1.165) is 53.7 Å². The number of hydrogen-bond acceptors (Lipinski definition) is 4. The molecule has 0 saturated carbocycles. The van der Waals surface area contributed by atoms with Gasteiger partial charge >= 0.3 is 0 Å². The third-order valence-corrected chi connectivity index (χ3v) is 8.57. The van der Waals surface area contributed by atoms with Crippen LogP contribution in [-0.4, -0.2) is 44.0 Å². The fraction of sp³-hybridized carbons (Fsp3) is 0.286. The summed E-state index contributed by atoms with van der Waals surface area (Å²) in [5.74, 6) is -0.232. The Labute approximate surface area is 205 Å². The van der Waals surface area contributed by atoms with E-state index >= 15 is 0 Å². The van der Waals surface area contributed by atoms with Crippen LogP contribution in [0.15, 0.2) is 65.6 Å². The second kappa shape index (κ2) is 9.30. The zero-order valence-electron chi connectivity index (χ0n) is 19.7. The summed E-state index contributed by atoms with van der Waals surface area (Å²) in [5, 5.41) is 2.90. The molecule has 1 saturated heterocycles. The Morgan fingerprint density at radius 2 is 1.60 bits per heavy atom. The summed E-state index contributed by atoms with van der Waals surface area (Å²) in [5.41, 5.74) is 5.33. The van der Waals surface area contributed by atoms with Gasteiger partial charge in [-0.25, -0.2) is 8.42 Å². The lowest BCUT2D eigenvalue weighted by atomic mass is 9.98. The van der Waals surface area contributed by atoms with E-state index in [1.807, 2.05) is 54.3 Å². The number of benzene rings is 3. The predicted molar refractivity (Wildman–Crippen MR) is 135 cm³/mol. The molecule has 0 aromatic heterocycles. The maximum absolute atomic E-state index is 13.2. The van der Waals surface area contributed by atoms with E-state index in [9.17, 15) is 18.0 Å². The SMILES string of the molecule is Cc1ccc(-c2cc(C(=O)NCc3ccc4c(c3)S(=O)(=O)CC4)cc(C(=O)N3CCCC3)c2)cc1. The zero-order chi connectivity index (χ0) is 24.6.